The Labute approximate surface area is 272 Å². The number of hydrogen-bond acceptors (Lipinski definition) is 6. The number of nitrogens with zero attached hydrogens (tertiary/aromatic N) is 3. The number of likely N-dealkylation sites (N-methyl/N-ethyl adjacent to an activating group) is 1. The van der Waals surface area contributed by atoms with Gasteiger partial charge < -0.3 is 25.5 Å². The topological polar surface area (TPSA) is 122 Å². The van der Waals surface area contributed by atoms with E-state index < -0.39 is 29.6 Å². The van der Waals surface area contributed by atoms with Crippen LogP contribution in [0.15, 0.2) is 11.6 Å². The van der Waals surface area contributed by atoms with E-state index in [0.29, 0.717) is 25.0 Å². The molecule has 3 N–H and O–H groups in total. The Balaban J connectivity index is 2.27. The van der Waals surface area contributed by atoms with E-state index in [1.54, 1.807) is 23.8 Å². The fourth-order valence-corrected chi connectivity index (χ4v) is 6.48. The van der Waals surface area contributed by atoms with E-state index in [-0.39, 0.29) is 53.7 Å². The molecule has 0 bridgehead atoms. The number of aliphatic hydroxyl groups excluding tert-OH is 1. The van der Waals surface area contributed by atoms with Gasteiger partial charge in [0.1, 0.15) is 12.1 Å². The first kappa shape index (κ1) is 38.7. The van der Waals surface area contributed by atoms with Gasteiger partial charge in [0, 0.05) is 25.2 Å². The molecule has 2 saturated heterocycles. The van der Waals surface area contributed by atoms with Gasteiger partial charge in [-0.3, -0.25) is 24.1 Å². The van der Waals surface area contributed by atoms with Gasteiger partial charge >= 0.3 is 0 Å². The van der Waals surface area contributed by atoms with Crippen molar-refractivity contribution in [3.63, 3.8) is 0 Å². The van der Waals surface area contributed by atoms with Crippen molar-refractivity contribution in [3.05, 3.63) is 11.6 Å². The van der Waals surface area contributed by atoms with Crippen LogP contribution in [0, 0.1) is 16.7 Å². The van der Waals surface area contributed by atoms with Crippen LogP contribution in [0.2, 0.25) is 0 Å². The lowest BCUT2D eigenvalue weighted by Gasteiger charge is -2.41. The van der Waals surface area contributed by atoms with E-state index in [4.69, 9.17) is 0 Å². The zero-order valence-electron chi connectivity index (χ0n) is 30.2. The Morgan fingerprint density at radius 1 is 0.867 bits per heavy atom. The molecule has 2 aliphatic heterocycles. The Bertz CT molecular complexity index is 1070. The van der Waals surface area contributed by atoms with Gasteiger partial charge in [0.2, 0.25) is 23.6 Å². The number of likely N-dealkylation sites (tertiary alicyclic amines) is 2. The number of carbonyl (C=O) groups excluding carboxylic acids is 4. The van der Waals surface area contributed by atoms with Crippen molar-refractivity contribution in [2.24, 2.45) is 16.7 Å². The van der Waals surface area contributed by atoms with E-state index >= 15 is 0 Å². The fraction of sp³-hybridized carbons (Fsp3) is 0.829. The lowest BCUT2D eigenvalue weighted by molar-refractivity contribution is -0.142. The molecule has 10 nitrogen and oxygen atoms in total. The summed E-state index contributed by atoms with van der Waals surface area (Å²) < 4.78 is 0. The molecule has 0 aromatic heterocycles. The Kier molecular flexibility index (Phi) is 13.7. The number of carbonyl (C=O) groups is 4. The van der Waals surface area contributed by atoms with Gasteiger partial charge in [-0.05, 0) is 69.7 Å². The highest BCUT2D eigenvalue weighted by atomic mass is 16.3. The van der Waals surface area contributed by atoms with Crippen LogP contribution in [0.25, 0.3) is 0 Å². The highest BCUT2D eigenvalue weighted by molar-refractivity contribution is 5.97. The highest BCUT2D eigenvalue weighted by Gasteiger charge is 2.41. The number of piperidine rings is 1. The third-order valence-electron chi connectivity index (χ3n) is 9.51. The SMILES string of the molecule is C/C(=C\[C@H](C(C)C)N(C)C(=O)[C@@H](NC(=O)[C@H]1CCCCN1C(C)C)C(C)(C)C)C(=O)N1CCC[C@H]1C(=O)NC(CO)C(C)(C)C. The lowest BCUT2D eigenvalue weighted by atomic mass is 9.84. The zero-order chi connectivity index (χ0) is 34.4. The normalized spacial score (nSPS) is 22.3. The number of aliphatic hydroxyl groups is 1. The molecular formula is C35H63N5O5. The average Bonchev–Trinajstić information content (AvgIpc) is 3.44. The van der Waals surface area contributed by atoms with E-state index in [1.165, 1.54) is 0 Å². The third kappa shape index (κ3) is 10.0. The van der Waals surface area contributed by atoms with Gasteiger partial charge in [-0.15, -0.1) is 0 Å². The average molecular weight is 634 g/mol. The Morgan fingerprint density at radius 2 is 1.44 bits per heavy atom. The maximum Gasteiger partial charge on any atom is 0.249 e. The monoisotopic (exact) mass is 633 g/mol. The van der Waals surface area contributed by atoms with E-state index in [9.17, 15) is 24.3 Å². The van der Waals surface area contributed by atoms with Crippen molar-refractivity contribution < 1.29 is 24.3 Å². The summed E-state index contributed by atoms with van der Waals surface area (Å²) in [5.41, 5.74) is -0.401. The lowest BCUT2D eigenvalue weighted by Crippen LogP contribution is -2.60. The predicted molar refractivity (Wildman–Crippen MR) is 179 cm³/mol. The van der Waals surface area contributed by atoms with Gasteiger partial charge in [0.05, 0.1) is 24.7 Å². The molecule has 0 radical (unpaired) electrons. The minimum atomic E-state index is -0.745. The van der Waals surface area contributed by atoms with Crippen LogP contribution in [-0.2, 0) is 19.2 Å². The summed E-state index contributed by atoms with van der Waals surface area (Å²) in [6, 6.07) is -2.21. The highest BCUT2D eigenvalue weighted by Crippen LogP contribution is 2.27. The van der Waals surface area contributed by atoms with Gasteiger partial charge in [-0.25, -0.2) is 0 Å². The molecule has 0 saturated carbocycles. The molecule has 1 unspecified atom stereocenters. The molecule has 2 aliphatic rings. The molecule has 0 spiro atoms. The second kappa shape index (κ2) is 15.9. The molecule has 10 heteroatoms. The van der Waals surface area contributed by atoms with Crippen LogP contribution in [0.4, 0.5) is 0 Å². The van der Waals surface area contributed by atoms with Crippen LogP contribution in [0.1, 0.15) is 108 Å². The Hall–Kier alpha value is -2.46. The summed E-state index contributed by atoms with van der Waals surface area (Å²) in [5.74, 6) is -0.812. The van der Waals surface area contributed by atoms with E-state index in [0.717, 1.165) is 25.8 Å². The van der Waals surface area contributed by atoms with E-state index in [1.807, 2.05) is 61.5 Å². The van der Waals surface area contributed by atoms with Crippen molar-refractivity contribution >= 4 is 23.6 Å². The van der Waals surface area contributed by atoms with Gasteiger partial charge in [-0.2, -0.15) is 0 Å². The predicted octanol–water partition coefficient (Wildman–Crippen LogP) is 3.72. The van der Waals surface area contributed by atoms with E-state index in [2.05, 4.69) is 29.4 Å². The van der Waals surface area contributed by atoms with Crippen molar-refractivity contribution in [1.29, 1.82) is 0 Å². The second-order valence-electron chi connectivity index (χ2n) is 16.0. The molecule has 2 heterocycles. The van der Waals surface area contributed by atoms with Gasteiger partial charge in [-0.1, -0.05) is 67.9 Å². The molecule has 0 aliphatic carbocycles. The molecule has 4 amide bonds. The maximum atomic E-state index is 14.1. The molecule has 0 aromatic rings. The van der Waals surface area contributed by atoms with Crippen molar-refractivity contribution in [2.75, 3.05) is 26.7 Å². The van der Waals surface area contributed by atoms with Crippen LogP contribution in [0.3, 0.4) is 0 Å². The number of nitrogens with one attached hydrogen (secondary N) is 2. The first-order chi connectivity index (χ1) is 20.7. The van der Waals surface area contributed by atoms with Crippen LogP contribution >= 0.6 is 0 Å². The number of amides is 4. The summed E-state index contributed by atoms with van der Waals surface area (Å²) in [7, 11) is 1.74. The van der Waals surface area contributed by atoms with Crippen LogP contribution in [0.5, 0.6) is 0 Å². The smallest absolute Gasteiger partial charge is 0.249 e. The minimum absolute atomic E-state index is 0.0115. The number of rotatable bonds is 11. The molecule has 0 aromatic carbocycles. The summed E-state index contributed by atoms with van der Waals surface area (Å²) in [5, 5.41) is 15.9. The Morgan fingerprint density at radius 3 is 1.96 bits per heavy atom. The molecule has 2 fully saturated rings. The van der Waals surface area contributed by atoms with Crippen LogP contribution in [-0.4, -0.2) is 106 Å². The quantitative estimate of drug-likeness (QED) is 0.298. The third-order valence-corrected chi connectivity index (χ3v) is 9.51. The summed E-state index contributed by atoms with van der Waals surface area (Å²) in [6.07, 6.45) is 5.92. The van der Waals surface area contributed by atoms with Crippen molar-refractivity contribution in [1.82, 2.24) is 25.3 Å². The molecular weight excluding hydrogens is 570 g/mol. The molecule has 258 valence electrons. The van der Waals surface area contributed by atoms with Gasteiger partial charge in [0.25, 0.3) is 0 Å². The number of hydrogen-bond donors (Lipinski definition) is 3. The molecule has 2 rings (SSSR count). The zero-order valence-corrected chi connectivity index (χ0v) is 30.2. The first-order valence-corrected chi connectivity index (χ1v) is 17.0. The second-order valence-corrected chi connectivity index (χ2v) is 16.0. The largest absolute Gasteiger partial charge is 0.394 e. The van der Waals surface area contributed by atoms with Crippen molar-refractivity contribution in [3.8, 4) is 0 Å². The standard InChI is InChI=1S/C35H63N5O5/c1-22(2)27(20-24(5)32(44)40-19-15-17-26(40)30(42)36-28(21-41)34(6,7)8)38(12)33(45)29(35(9,10)11)37-31(43)25-16-13-14-18-39(25)23(3)4/h20,22-23,25-29,41H,13-19,21H2,1-12H3,(H,36,42)(H,37,43)/b24-20+/t25-,26+,27-,28?,29-/m1/s1. The molecule has 5 atom stereocenters. The van der Waals surface area contributed by atoms with Crippen molar-refractivity contribution in [2.45, 2.75) is 145 Å². The van der Waals surface area contributed by atoms with Crippen LogP contribution < -0.4 is 10.6 Å². The minimum Gasteiger partial charge on any atom is -0.394 e. The summed E-state index contributed by atoms with van der Waals surface area (Å²) in [4.78, 5) is 60.2. The maximum absolute atomic E-state index is 14.1. The summed E-state index contributed by atoms with van der Waals surface area (Å²) in [6.45, 7) is 22.8. The van der Waals surface area contributed by atoms with Gasteiger partial charge in [0.15, 0.2) is 0 Å². The summed E-state index contributed by atoms with van der Waals surface area (Å²) >= 11 is 0. The fourth-order valence-electron chi connectivity index (χ4n) is 6.48. The molecule has 45 heavy (non-hydrogen) atoms. The first-order valence-electron chi connectivity index (χ1n) is 17.0.